The van der Waals surface area contributed by atoms with Gasteiger partial charge in [-0.3, -0.25) is 10.2 Å². The van der Waals surface area contributed by atoms with Crippen molar-refractivity contribution in [1.29, 1.82) is 0 Å². The Morgan fingerprint density at radius 2 is 1.48 bits per heavy atom. The van der Waals surface area contributed by atoms with E-state index < -0.39 is 0 Å². The van der Waals surface area contributed by atoms with Crippen LogP contribution in [0.25, 0.3) is 32.2 Å². The second-order valence-electron chi connectivity index (χ2n) is 6.10. The summed E-state index contributed by atoms with van der Waals surface area (Å²) in [6, 6.07) is 10.9. The van der Waals surface area contributed by atoms with Crippen molar-refractivity contribution in [2.45, 2.75) is 26.9 Å². The van der Waals surface area contributed by atoms with Crippen molar-refractivity contribution in [3.63, 3.8) is 0 Å². The molecule has 0 saturated carbocycles. The van der Waals surface area contributed by atoms with Gasteiger partial charge in [0.1, 0.15) is 0 Å². The Hall–Kier alpha value is -1.68. The number of H-pyrrole nitrogens is 2. The number of benzene rings is 2. The molecule has 3 radical (unpaired) electrons. The third-order valence-electron chi connectivity index (χ3n) is 4.09. The van der Waals surface area contributed by atoms with E-state index in [9.17, 15) is 0 Å². The van der Waals surface area contributed by atoms with Gasteiger partial charge in [0.05, 0.1) is 23.3 Å². The number of nitrogens with two attached hydrogens (primary N) is 1. The molecule has 4 N–H and O–H groups in total. The van der Waals surface area contributed by atoms with Crippen molar-refractivity contribution >= 4 is 62.4 Å². The standard InChI is InChI=1S/C8H6ClN5.C8H8ClN3.C4H10O.Al.Li.H/c9-5-1-2-7-6(3-5)8(13-12-7)4-11-14-10;9-5-1-2-7-6(3-5)8(4-10)12-11-7;1-3-5-4-2;;;/h1-3H,4H2,(H,12,13);1-3H,4,10H2,(H,11,12);3-4H2,1-2H3;;;/q;;;;+1;-1. The van der Waals surface area contributed by atoms with Crippen LogP contribution in [-0.2, 0) is 17.8 Å². The zero-order valence-corrected chi connectivity index (χ0v) is 21.5. The predicted molar refractivity (Wildman–Crippen MR) is 132 cm³/mol. The van der Waals surface area contributed by atoms with Crippen LogP contribution in [0.5, 0.6) is 0 Å². The Morgan fingerprint density at radius 3 is 1.91 bits per heavy atom. The van der Waals surface area contributed by atoms with Gasteiger partial charge in [0.25, 0.3) is 0 Å². The van der Waals surface area contributed by atoms with Gasteiger partial charge >= 0.3 is 18.9 Å². The molecule has 0 aliphatic rings. The molecule has 2 aromatic carbocycles. The second-order valence-corrected chi connectivity index (χ2v) is 6.97. The molecular formula is C20H25AlCl2LiN8O. The summed E-state index contributed by atoms with van der Waals surface area (Å²) in [6.45, 7) is 6.38. The van der Waals surface area contributed by atoms with Gasteiger partial charge in [-0.1, -0.05) is 28.3 Å². The third kappa shape index (κ3) is 9.60. The van der Waals surface area contributed by atoms with E-state index >= 15 is 0 Å². The average molecular weight is 498 g/mol. The van der Waals surface area contributed by atoms with Crippen LogP contribution in [0.4, 0.5) is 0 Å². The van der Waals surface area contributed by atoms with Crippen LogP contribution >= 0.6 is 23.2 Å². The quantitative estimate of drug-likeness (QED) is 0.168. The molecule has 2 aromatic heterocycles. The molecule has 0 unspecified atom stereocenters. The molecule has 0 bridgehead atoms. The van der Waals surface area contributed by atoms with Crippen LogP contribution in [-0.4, -0.2) is 51.0 Å². The van der Waals surface area contributed by atoms with Crippen LogP contribution < -0.4 is 24.6 Å². The van der Waals surface area contributed by atoms with Crippen LogP contribution in [0.2, 0.25) is 10.0 Å². The first-order valence-corrected chi connectivity index (χ1v) is 10.3. The second kappa shape index (κ2) is 16.9. The smallest absolute Gasteiger partial charge is 1.00 e. The largest absolute Gasteiger partial charge is 1.00 e. The number of nitrogens with zero attached hydrogens (tertiary/aromatic N) is 5. The van der Waals surface area contributed by atoms with Crippen molar-refractivity contribution < 1.29 is 25.0 Å². The van der Waals surface area contributed by atoms with Crippen molar-refractivity contribution in [2.24, 2.45) is 10.8 Å². The first kappa shape index (κ1) is 31.3. The minimum atomic E-state index is 0. The monoisotopic (exact) mass is 497 g/mol. The molecule has 13 heteroatoms. The number of ether oxygens (including phenoxy) is 1. The number of rotatable bonds is 5. The summed E-state index contributed by atoms with van der Waals surface area (Å²) < 4.78 is 4.83. The molecule has 33 heavy (non-hydrogen) atoms. The van der Waals surface area contributed by atoms with E-state index in [0.717, 1.165) is 46.4 Å². The molecule has 2 heterocycles. The summed E-state index contributed by atoms with van der Waals surface area (Å²) in [5.74, 6) is 0. The molecule has 0 saturated heterocycles. The zero-order chi connectivity index (χ0) is 22.6. The molecule has 9 nitrogen and oxygen atoms in total. The predicted octanol–water partition coefficient (Wildman–Crippen LogP) is 2.48. The number of aromatic nitrogens is 4. The summed E-state index contributed by atoms with van der Waals surface area (Å²) in [5.41, 5.74) is 17.1. The van der Waals surface area contributed by atoms with Gasteiger partial charge in [-0.05, 0) is 55.8 Å². The Morgan fingerprint density at radius 1 is 1.00 bits per heavy atom. The number of aromatic amines is 2. The van der Waals surface area contributed by atoms with Crippen molar-refractivity contribution in [1.82, 2.24) is 20.4 Å². The maximum Gasteiger partial charge on any atom is 1.00 e. The van der Waals surface area contributed by atoms with E-state index in [4.69, 9.17) is 39.2 Å². The summed E-state index contributed by atoms with van der Waals surface area (Å²) in [5, 5.41) is 20.5. The Kier molecular flexibility index (Phi) is 16.0. The van der Waals surface area contributed by atoms with Crippen LogP contribution in [0.3, 0.4) is 0 Å². The van der Waals surface area contributed by atoms with Crippen molar-refractivity contribution in [2.75, 3.05) is 13.2 Å². The number of fused-ring (bicyclic) bond motifs is 2. The van der Waals surface area contributed by atoms with E-state index in [2.05, 4.69) is 30.4 Å². The summed E-state index contributed by atoms with van der Waals surface area (Å²) in [4.78, 5) is 2.68. The maximum atomic E-state index is 8.19. The minimum Gasteiger partial charge on any atom is -1.00 e. The summed E-state index contributed by atoms with van der Waals surface area (Å²) in [6.07, 6.45) is 0. The van der Waals surface area contributed by atoms with Gasteiger partial charge in [0, 0.05) is 68.5 Å². The minimum absolute atomic E-state index is 0. The van der Waals surface area contributed by atoms with Gasteiger partial charge in [0.2, 0.25) is 0 Å². The average Bonchev–Trinajstić information content (AvgIpc) is 3.36. The Bertz CT molecular complexity index is 1170. The molecule has 0 amide bonds. The van der Waals surface area contributed by atoms with Gasteiger partial charge in [-0.25, -0.2) is 0 Å². The molecule has 0 aliphatic heterocycles. The Labute approximate surface area is 226 Å². The maximum absolute atomic E-state index is 8.19. The van der Waals surface area contributed by atoms with E-state index in [1.807, 2.05) is 38.1 Å². The van der Waals surface area contributed by atoms with E-state index in [1.165, 1.54) is 0 Å². The molecular weight excluding hydrogens is 473 g/mol. The molecule has 0 spiro atoms. The van der Waals surface area contributed by atoms with E-state index in [1.54, 1.807) is 12.1 Å². The topological polar surface area (TPSA) is 141 Å². The van der Waals surface area contributed by atoms with Crippen LogP contribution in [0.15, 0.2) is 41.5 Å². The Balaban J connectivity index is 0. The number of hydrogen-bond donors (Lipinski definition) is 3. The fraction of sp³-hybridized carbons (Fsp3) is 0.300. The molecule has 169 valence electrons. The first-order chi connectivity index (χ1) is 15.0. The zero-order valence-electron chi connectivity index (χ0n) is 19.8. The van der Waals surface area contributed by atoms with E-state index in [0.29, 0.717) is 16.6 Å². The number of azide groups is 1. The molecule has 0 fully saturated rings. The van der Waals surface area contributed by atoms with Gasteiger partial charge in [0.15, 0.2) is 0 Å². The van der Waals surface area contributed by atoms with E-state index in [-0.39, 0.29) is 44.2 Å². The van der Waals surface area contributed by atoms with Crippen LogP contribution in [0, 0.1) is 0 Å². The fourth-order valence-electron chi connectivity index (χ4n) is 2.65. The number of nitrogens with one attached hydrogen (secondary N) is 2. The fourth-order valence-corrected chi connectivity index (χ4v) is 3.00. The number of hydrogen-bond acceptors (Lipinski definition) is 5. The summed E-state index contributed by atoms with van der Waals surface area (Å²) >= 11 is 11.7. The first-order valence-electron chi connectivity index (χ1n) is 9.57. The molecule has 4 rings (SSSR count). The number of halogens is 2. The van der Waals surface area contributed by atoms with Crippen LogP contribution in [0.1, 0.15) is 26.7 Å². The van der Waals surface area contributed by atoms with Crippen molar-refractivity contribution in [3.8, 4) is 0 Å². The molecule has 0 atom stereocenters. The van der Waals surface area contributed by atoms with Gasteiger partial charge in [-0.2, -0.15) is 10.2 Å². The van der Waals surface area contributed by atoms with Crippen molar-refractivity contribution in [3.05, 3.63) is 68.3 Å². The SMILES string of the molecule is CCOCC.NCc1[nH]nc2ccc(Cl)cc12.[Al].[H-].[Li+].[N-]=[N+]=NCc1[nH]nc2ccc(Cl)cc12. The molecule has 0 aliphatic carbocycles. The van der Waals surface area contributed by atoms with Gasteiger partial charge in [-0.15, -0.1) is 0 Å². The summed E-state index contributed by atoms with van der Waals surface area (Å²) in [7, 11) is 0. The third-order valence-corrected chi connectivity index (χ3v) is 4.56. The molecule has 4 aromatic rings. The normalized spacial score (nSPS) is 9.48. The van der Waals surface area contributed by atoms with Gasteiger partial charge < -0.3 is 11.9 Å².